The Balaban J connectivity index is 1.46. The fraction of sp³-hybridized carbons (Fsp3) is 0.432. The van der Waals surface area contributed by atoms with Crippen molar-refractivity contribution in [3.05, 3.63) is 104 Å². The van der Waals surface area contributed by atoms with Crippen LogP contribution in [0.15, 0.2) is 77.8 Å². The SMILES string of the molecule is CC(C)c1nc(C(C)OC(=O)N[C@H](C(=O)N[C@@H](Cc2ccccc2)C[C@H](O)[C@H](Cc2ccccc2)NC(=O)OCc2cncs2)C(C)C)cs1. The molecule has 0 saturated heterocycles. The van der Waals surface area contributed by atoms with Crippen molar-refractivity contribution in [1.29, 1.82) is 0 Å². The van der Waals surface area contributed by atoms with E-state index in [9.17, 15) is 19.5 Å². The number of thiazole rings is 2. The van der Waals surface area contributed by atoms with Gasteiger partial charge in [-0.05, 0) is 43.2 Å². The number of nitrogens with zero attached hydrogens (tertiary/aromatic N) is 2. The van der Waals surface area contributed by atoms with Crippen LogP contribution in [0.5, 0.6) is 0 Å². The lowest BCUT2D eigenvalue weighted by atomic mass is 9.93. The minimum atomic E-state index is -1.06. The number of carbonyl (C=O) groups is 3. The molecule has 11 nitrogen and oxygen atoms in total. The van der Waals surface area contributed by atoms with Crippen molar-refractivity contribution in [1.82, 2.24) is 25.9 Å². The van der Waals surface area contributed by atoms with Crippen molar-refractivity contribution in [2.24, 2.45) is 5.92 Å². The third-order valence-electron chi connectivity index (χ3n) is 8.05. The van der Waals surface area contributed by atoms with Gasteiger partial charge in [-0.3, -0.25) is 9.78 Å². The van der Waals surface area contributed by atoms with Gasteiger partial charge in [-0.25, -0.2) is 14.6 Å². The maximum Gasteiger partial charge on any atom is 0.408 e. The summed E-state index contributed by atoms with van der Waals surface area (Å²) in [7, 11) is 0. The summed E-state index contributed by atoms with van der Waals surface area (Å²) in [5.41, 5.74) is 4.18. The van der Waals surface area contributed by atoms with E-state index in [-0.39, 0.29) is 24.9 Å². The molecule has 4 aromatic rings. The first kappa shape index (κ1) is 38.5. The lowest BCUT2D eigenvalue weighted by Gasteiger charge is -2.30. The summed E-state index contributed by atoms with van der Waals surface area (Å²) >= 11 is 2.89. The molecule has 0 fully saturated rings. The summed E-state index contributed by atoms with van der Waals surface area (Å²) < 4.78 is 11.0. The lowest BCUT2D eigenvalue weighted by Crippen LogP contribution is -2.54. The number of rotatable bonds is 17. The van der Waals surface area contributed by atoms with E-state index in [1.165, 1.54) is 22.7 Å². The predicted octanol–water partition coefficient (Wildman–Crippen LogP) is 6.55. The van der Waals surface area contributed by atoms with Crippen LogP contribution in [0.1, 0.15) is 79.8 Å². The zero-order chi connectivity index (χ0) is 36.0. The van der Waals surface area contributed by atoms with E-state index in [0.29, 0.717) is 18.5 Å². The summed E-state index contributed by atoms with van der Waals surface area (Å²) in [6.07, 6.45) is -0.572. The number of ether oxygens (including phenoxy) is 2. The largest absolute Gasteiger partial charge is 0.444 e. The van der Waals surface area contributed by atoms with Gasteiger partial charge in [-0.2, -0.15) is 0 Å². The highest BCUT2D eigenvalue weighted by molar-refractivity contribution is 7.09. The second kappa shape index (κ2) is 19.2. The average Bonchev–Trinajstić information content (AvgIpc) is 3.80. The molecule has 0 radical (unpaired) electrons. The van der Waals surface area contributed by atoms with Crippen LogP contribution in [0, 0.1) is 5.92 Å². The zero-order valence-electron chi connectivity index (χ0n) is 29.1. The number of aliphatic hydroxyl groups excluding tert-OH is 1. The Kier molecular flexibility index (Phi) is 14.7. The normalized spacial score (nSPS) is 14.3. The van der Waals surface area contributed by atoms with Crippen molar-refractivity contribution >= 4 is 40.8 Å². The predicted molar refractivity (Wildman–Crippen MR) is 195 cm³/mol. The minimum absolute atomic E-state index is 0.0604. The van der Waals surface area contributed by atoms with Crippen LogP contribution < -0.4 is 16.0 Å². The fourth-order valence-electron chi connectivity index (χ4n) is 5.30. The van der Waals surface area contributed by atoms with Crippen molar-refractivity contribution in [2.45, 2.75) is 96.7 Å². The molecule has 1 unspecified atom stereocenters. The Morgan fingerprint density at radius 2 is 1.50 bits per heavy atom. The summed E-state index contributed by atoms with van der Waals surface area (Å²) in [6.45, 7) is 9.58. The maximum atomic E-state index is 13.8. The fourth-order valence-corrected chi connectivity index (χ4v) is 6.72. The average molecular weight is 722 g/mol. The molecule has 4 N–H and O–H groups in total. The Hall–Kier alpha value is -4.33. The molecule has 0 bridgehead atoms. The lowest BCUT2D eigenvalue weighted by molar-refractivity contribution is -0.125. The quantitative estimate of drug-likeness (QED) is 0.0959. The van der Waals surface area contributed by atoms with E-state index in [1.54, 1.807) is 18.6 Å². The molecule has 0 saturated carbocycles. The third kappa shape index (κ3) is 12.2. The second-order valence-corrected chi connectivity index (χ2v) is 14.7. The molecular weight excluding hydrogens is 675 g/mol. The third-order valence-corrected chi connectivity index (χ3v) is 9.97. The minimum Gasteiger partial charge on any atom is -0.444 e. The highest BCUT2D eigenvalue weighted by atomic mass is 32.1. The van der Waals surface area contributed by atoms with Crippen molar-refractivity contribution < 1.29 is 29.0 Å². The first-order valence-corrected chi connectivity index (χ1v) is 18.5. The Bertz CT molecular complexity index is 1620. The molecule has 13 heteroatoms. The highest BCUT2D eigenvalue weighted by Crippen LogP contribution is 2.25. The Morgan fingerprint density at radius 1 is 0.840 bits per heavy atom. The van der Waals surface area contributed by atoms with Gasteiger partial charge in [0.05, 0.1) is 33.2 Å². The van der Waals surface area contributed by atoms with Crippen LogP contribution in [0.3, 0.4) is 0 Å². The molecule has 0 aliphatic rings. The molecule has 5 atom stereocenters. The van der Waals surface area contributed by atoms with Crippen LogP contribution in [-0.2, 0) is 33.7 Å². The molecule has 0 aliphatic heterocycles. The molecule has 4 rings (SSSR count). The van der Waals surface area contributed by atoms with Gasteiger partial charge < -0.3 is 30.5 Å². The van der Waals surface area contributed by atoms with Crippen LogP contribution in [0.25, 0.3) is 0 Å². The van der Waals surface area contributed by atoms with Gasteiger partial charge in [0.2, 0.25) is 5.91 Å². The van der Waals surface area contributed by atoms with Gasteiger partial charge in [0.1, 0.15) is 18.8 Å². The number of alkyl carbamates (subject to hydrolysis) is 2. The molecule has 268 valence electrons. The topological polar surface area (TPSA) is 152 Å². The van der Waals surface area contributed by atoms with E-state index < -0.39 is 48.4 Å². The summed E-state index contributed by atoms with van der Waals surface area (Å²) in [6, 6.07) is 17.0. The molecule has 2 aromatic carbocycles. The summed E-state index contributed by atoms with van der Waals surface area (Å²) in [4.78, 5) is 49.1. The zero-order valence-corrected chi connectivity index (χ0v) is 30.7. The molecular formula is C37H47N5O6S2. The van der Waals surface area contributed by atoms with Crippen molar-refractivity contribution in [3.63, 3.8) is 0 Å². The summed E-state index contributed by atoms with van der Waals surface area (Å²) in [5, 5.41) is 23.1. The number of nitrogens with one attached hydrogen (secondary N) is 3. The maximum absolute atomic E-state index is 13.8. The van der Waals surface area contributed by atoms with Crippen molar-refractivity contribution in [2.75, 3.05) is 0 Å². The second-order valence-electron chi connectivity index (χ2n) is 12.9. The van der Waals surface area contributed by atoms with E-state index >= 15 is 0 Å². The molecule has 50 heavy (non-hydrogen) atoms. The van der Waals surface area contributed by atoms with Gasteiger partial charge in [-0.15, -0.1) is 22.7 Å². The molecule has 2 heterocycles. The van der Waals surface area contributed by atoms with E-state index in [1.807, 2.05) is 79.9 Å². The number of hydrogen-bond donors (Lipinski definition) is 4. The molecule has 2 aromatic heterocycles. The Labute approximate surface area is 301 Å². The smallest absolute Gasteiger partial charge is 0.408 e. The molecule has 0 aliphatic carbocycles. The van der Waals surface area contributed by atoms with Gasteiger partial charge >= 0.3 is 12.2 Å². The highest BCUT2D eigenvalue weighted by Gasteiger charge is 2.31. The van der Waals surface area contributed by atoms with Crippen molar-refractivity contribution in [3.8, 4) is 0 Å². The number of carbonyl (C=O) groups excluding carboxylic acids is 3. The van der Waals surface area contributed by atoms with Gasteiger partial charge in [0.15, 0.2) is 0 Å². The number of hydrogen-bond acceptors (Lipinski definition) is 10. The van der Waals surface area contributed by atoms with E-state index in [0.717, 1.165) is 21.0 Å². The number of benzene rings is 2. The van der Waals surface area contributed by atoms with Crippen LogP contribution >= 0.6 is 22.7 Å². The first-order chi connectivity index (χ1) is 24.0. The van der Waals surface area contributed by atoms with Gasteiger partial charge in [-0.1, -0.05) is 88.4 Å². The number of aromatic nitrogens is 2. The van der Waals surface area contributed by atoms with E-state index in [2.05, 4.69) is 39.8 Å². The molecule has 0 spiro atoms. The number of aliphatic hydroxyl groups is 1. The Morgan fingerprint density at radius 3 is 2.08 bits per heavy atom. The first-order valence-electron chi connectivity index (χ1n) is 16.8. The summed E-state index contributed by atoms with van der Waals surface area (Å²) in [5.74, 6) is -0.420. The van der Waals surface area contributed by atoms with Gasteiger partial charge in [0.25, 0.3) is 0 Å². The number of amides is 3. The standard InChI is InChI=1S/C37H47N5O6S2/c1-23(2)33(42-37(46)48-25(5)31-21-49-35(40-31)24(3)4)34(44)39-28(16-26-12-8-6-9-13-26)18-32(43)30(17-27-14-10-7-11-15-27)41-36(45)47-20-29-19-38-22-50-29/h6-15,19,21-25,28,30,32-33,43H,16-18,20H2,1-5H3,(H,39,44)(H,41,45)(H,42,46)/t25?,28-,30-,32-,33-/m0/s1. The van der Waals surface area contributed by atoms with Gasteiger partial charge in [0, 0.05) is 23.5 Å². The van der Waals surface area contributed by atoms with E-state index in [4.69, 9.17) is 9.47 Å². The van der Waals surface area contributed by atoms with Crippen LogP contribution in [-0.4, -0.2) is 57.4 Å². The molecule has 3 amide bonds. The van der Waals surface area contributed by atoms with Crippen LogP contribution in [0.4, 0.5) is 9.59 Å². The van der Waals surface area contributed by atoms with Crippen LogP contribution in [0.2, 0.25) is 0 Å². The monoisotopic (exact) mass is 721 g/mol.